The van der Waals surface area contributed by atoms with Gasteiger partial charge in [0.2, 0.25) is 0 Å². The molecule has 2 amide bonds. The summed E-state index contributed by atoms with van der Waals surface area (Å²) in [6.07, 6.45) is 4.85. The van der Waals surface area contributed by atoms with Crippen molar-refractivity contribution in [3.8, 4) is 5.82 Å². The highest BCUT2D eigenvalue weighted by Gasteiger charge is 2.08. The highest BCUT2D eigenvalue weighted by molar-refractivity contribution is 8.24. The van der Waals surface area contributed by atoms with Gasteiger partial charge in [0, 0.05) is 16.6 Å². The van der Waals surface area contributed by atoms with Gasteiger partial charge in [0.15, 0.2) is 0 Å². The minimum Gasteiger partial charge on any atom is -0.306 e. The Hall–Kier alpha value is -2.39. The largest absolute Gasteiger partial charge is 0.329 e. The van der Waals surface area contributed by atoms with E-state index < -0.39 is 6.03 Å². The van der Waals surface area contributed by atoms with E-state index in [2.05, 4.69) is 21.6 Å². The van der Waals surface area contributed by atoms with Crippen molar-refractivity contribution in [2.75, 3.05) is 5.32 Å². The van der Waals surface area contributed by atoms with Crippen molar-refractivity contribution in [3.05, 3.63) is 85.4 Å². The van der Waals surface area contributed by atoms with Crippen LogP contribution in [-0.2, 0) is 0 Å². The predicted molar refractivity (Wildman–Crippen MR) is 128 cm³/mol. The van der Waals surface area contributed by atoms with Crippen LogP contribution in [-0.4, -0.2) is 15.6 Å². The summed E-state index contributed by atoms with van der Waals surface area (Å²) in [5, 5.41) is 4.44. The third-order valence-electron chi connectivity index (χ3n) is 3.82. The van der Waals surface area contributed by atoms with Crippen LogP contribution in [0.3, 0.4) is 0 Å². The van der Waals surface area contributed by atoms with Crippen molar-refractivity contribution in [1.29, 1.82) is 0 Å². The molecule has 0 radical (unpaired) electrons. The first-order valence-electron chi connectivity index (χ1n) is 8.57. The molecule has 0 aliphatic heterocycles. The quantitative estimate of drug-likeness (QED) is 0.417. The second-order valence-corrected chi connectivity index (χ2v) is 9.22. The fraction of sp³-hybridized carbons (Fsp3) is 0.0500. The van der Waals surface area contributed by atoms with Crippen LogP contribution >= 0.6 is 46.9 Å². The van der Waals surface area contributed by atoms with Gasteiger partial charge >= 0.3 is 6.03 Å². The summed E-state index contributed by atoms with van der Waals surface area (Å²) in [6, 6.07) is 9.83. The number of urea groups is 1. The molecule has 0 aliphatic rings. The smallest absolute Gasteiger partial charge is 0.306 e. The van der Waals surface area contributed by atoms with Crippen LogP contribution in [0.2, 0.25) is 5.02 Å². The van der Waals surface area contributed by atoms with Gasteiger partial charge in [-0.1, -0.05) is 53.7 Å². The molecule has 0 saturated heterocycles. The number of pyridine rings is 2. The Bertz CT molecular complexity index is 1190. The number of carbonyl (C=O) groups excluding carboxylic acids is 1. The first-order valence-corrected chi connectivity index (χ1v) is 11.0. The predicted octanol–water partition coefficient (Wildman–Crippen LogP) is 6.11. The van der Waals surface area contributed by atoms with Crippen LogP contribution in [0.4, 0.5) is 10.5 Å². The summed E-state index contributed by atoms with van der Waals surface area (Å²) >= 11 is 14.2. The van der Waals surface area contributed by atoms with Gasteiger partial charge in [-0.2, -0.15) is 0 Å². The van der Waals surface area contributed by atoms with Gasteiger partial charge < -0.3 is 5.32 Å². The number of amides is 2. The molecule has 1 aromatic carbocycles. The molecule has 0 bridgehead atoms. The number of benzene rings is 1. The van der Waals surface area contributed by atoms with Gasteiger partial charge in [0.1, 0.15) is 5.82 Å². The molecule has 30 heavy (non-hydrogen) atoms. The molecule has 154 valence electrons. The van der Waals surface area contributed by atoms with Crippen LogP contribution in [0, 0.1) is 0 Å². The van der Waals surface area contributed by atoms with Crippen molar-refractivity contribution in [3.63, 3.8) is 0 Å². The third-order valence-corrected chi connectivity index (χ3v) is 6.17. The number of halogens is 2. The topological polar surface area (TPSA) is 76.0 Å². The number of aromatic nitrogens is 2. The highest BCUT2D eigenvalue weighted by atomic mass is 35.5. The molecule has 0 saturated carbocycles. The van der Waals surface area contributed by atoms with Crippen molar-refractivity contribution >= 4 is 69.4 Å². The zero-order chi connectivity index (χ0) is 21.7. The van der Waals surface area contributed by atoms with Crippen LogP contribution in [0.5, 0.6) is 0 Å². The maximum Gasteiger partial charge on any atom is 0.329 e. The van der Waals surface area contributed by atoms with Crippen LogP contribution in [0.1, 0.15) is 6.92 Å². The lowest BCUT2D eigenvalue weighted by atomic mass is 10.2. The molecule has 0 aliphatic carbocycles. The average molecular weight is 479 g/mol. The van der Waals surface area contributed by atoms with E-state index in [1.807, 2.05) is 13.0 Å². The van der Waals surface area contributed by atoms with Crippen molar-refractivity contribution < 1.29 is 4.79 Å². The zero-order valence-corrected chi connectivity index (χ0v) is 18.8. The fourth-order valence-electron chi connectivity index (χ4n) is 2.44. The number of hydrogen-bond acceptors (Lipinski definition) is 5. The Balaban J connectivity index is 1.67. The molecular formula is C20H16Cl2N4O2S2. The minimum atomic E-state index is -0.439. The molecule has 6 nitrogen and oxygen atoms in total. The molecule has 0 atom stereocenters. The van der Waals surface area contributed by atoms with E-state index in [0.29, 0.717) is 30.5 Å². The van der Waals surface area contributed by atoms with E-state index >= 15 is 0 Å². The van der Waals surface area contributed by atoms with Gasteiger partial charge in [-0.25, -0.2) is 9.78 Å². The van der Waals surface area contributed by atoms with Crippen molar-refractivity contribution in [2.45, 2.75) is 6.92 Å². The number of thioether (sulfide) groups is 1. The number of rotatable bonds is 6. The van der Waals surface area contributed by atoms with Crippen LogP contribution < -0.4 is 15.6 Å². The highest BCUT2D eigenvalue weighted by Crippen LogP contribution is 2.33. The van der Waals surface area contributed by atoms with E-state index in [1.165, 1.54) is 22.5 Å². The van der Waals surface area contributed by atoms with Gasteiger partial charge in [-0.05, 0) is 54.6 Å². The van der Waals surface area contributed by atoms with Crippen molar-refractivity contribution in [1.82, 2.24) is 14.3 Å². The first kappa shape index (κ1) is 22.3. The Kier molecular flexibility index (Phi) is 7.49. The molecule has 2 N–H and O–H groups in total. The minimum absolute atomic E-state index is 0.229. The first-order chi connectivity index (χ1) is 14.4. The Morgan fingerprint density at radius 1 is 1.27 bits per heavy atom. The molecule has 0 fully saturated rings. The van der Waals surface area contributed by atoms with E-state index in [0.717, 1.165) is 17.3 Å². The summed E-state index contributed by atoms with van der Waals surface area (Å²) in [7, 11) is 0. The van der Waals surface area contributed by atoms with Crippen molar-refractivity contribution in [2.24, 2.45) is 0 Å². The number of carbonyl (C=O) groups is 1. The fourth-order valence-corrected chi connectivity index (χ4v) is 4.19. The molecule has 3 aromatic rings. The molecule has 2 aromatic heterocycles. The molecule has 3 rings (SSSR count). The molecule has 0 unspecified atom stereocenters. The molecule has 0 spiro atoms. The van der Waals surface area contributed by atoms with E-state index in [4.69, 9.17) is 23.2 Å². The van der Waals surface area contributed by atoms with Crippen LogP contribution in [0.15, 0.2) is 74.8 Å². The lowest BCUT2D eigenvalue weighted by molar-refractivity contribution is 0.257. The summed E-state index contributed by atoms with van der Waals surface area (Å²) in [5.74, 6) is 0.424. The lowest BCUT2D eigenvalue weighted by Gasteiger charge is -2.09. The second-order valence-electron chi connectivity index (χ2n) is 5.85. The monoisotopic (exact) mass is 478 g/mol. The Morgan fingerprint density at radius 3 is 2.77 bits per heavy atom. The normalized spacial score (nSPS) is 11.4. The molecule has 10 heteroatoms. The van der Waals surface area contributed by atoms with Crippen LogP contribution in [0.25, 0.3) is 16.6 Å². The SMILES string of the molecule is C=C(SNC(=O)Nc1ccc(-n2ccc3ccc(Cl)cc3c2=O)nc1)S/C(Cl)=C\C. The van der Waals surface area contributed by atoms with E-state index in [9.17, 15) is 9.59 Å². The summed E-state index contributed by atoms with van der Waals surface area (Å²) in [4.78, 5) is 29.0. The standard InChI is InChI=1S/C20H16Cl2N4O2S2/c1-3-17(22)29-12(2)30-25-20(28)24-15-6-7-18(23-11-15)26-9-8-13-4-5-14(21)10-16(13)19(26)27/h3-11H,2H2,1H3,(H2,24,25,28)/b17-3-. The summed E-state index contributed by atoms with van der Waals surface area (Å²) in [5.41, 5.74) is 0.242. The van der Waals surface area contributed by atoms with Gasteiger partial charge in [0.05, 0.1) is 20.5 Å². The van der Waals surface area contributed by atoms with E-state index in [1.54, 1.807) is 42.6 Å². The number of hydrogen-bond donors (Lipinski definition) is 2. The summed E-state index contributed by atoms with van der Waals surface area (Å²) < 4.78 is 5.22. The number of fused-ring (bicyclic) bond motifs is 1. The third kappa shape index (κ3) is 5.60. The molecule has 2 heterocycles. The lowest BCUT2D eigenvalue weighted by Crippen LogP contribution is -2.23. The number of nitrogens with zero attached hydrogens (tertiary/aromatic N) is 2. The summed E-state index contributed by atoms with van der Waals surface area (Å²) in [6.45, 7) is 5.62. The Morgan fingerprint density at radius 2 is 2.07 bits per heavy atom. The van der Waals surface area contributed by atoms with Gasteiger partial charge in [-0.3, -0.25) is 14.1 Å². The Labute approximate surface area is 191 Å². The van der Waals surface area contributed by atoms with E-state index in [-0.39, 0.29) is 5.56 Å². The second kappa shape index (κ2) is 10.1. The maximum atomic E-state index is 12.7. The maximum absolute atomic E-state index is 12.7. The number of nitrogens with one attached hydrogen (secondary N) is 2. The average Bonchev–Trinajstić information content (AvgIpc) is 2.73. The number of allylic oxidation sites excluding steroid dienone is 1. The zero-order valence-electron chi connectivity index (χ0n) is 15.7. The van der Waals surface area contributed by atoms with Gasteiger partial charge in [-0.15, -0.1) is 0 Å². The van der Waals surface area contributed by atoms with Gasteiger partial charge in [0.25, 0.3) is 5.56 Å². The number of anilines is 1. The molecular weight excluding hydrogens is 463 g/mol.